The molecule has 1 atom stereocenters. The Labute approximate surface area is 136 Å². The van der Waals surface area contributed by atoms with Gasteiger partial charge < -0.3 is 11.1 Å². The lowest BCUT2D eigenvalue weighted by Gasteiger charge is -2.21. The van der Waals surface area contributed by atoms with E-state index in [0.29, 0.717) is 23.0 Å². The Morgan fingerprint density at radius 3 is 2.89 bits per heavy atom. The molecule has 1 fully saturated rings. The third-order valence-corrected chi connectivity index (χ3v) is 5.97. The van der Waals surface area contributed by atoms with Crippen LogP contribution in [-0.4, -0.2) is 35.0 Å². The first kappa shape index (κ1) is 17.0. The summed E-state index contributed by atoms with van der Waals surface area (Å²) in [6, 6.07) is 5.33. The number of halogens is 2. The van der Waals surface area contributed by atoms with E-state index in [1.54, 1.807) is 12.1 Å². The number of anilines is 1. The SMILES string of the molecule is Cl.Nc1cc(Br)ccc1C(=O)NCC1CSCCS1. The zero-order valence-electron chi connectivity index (χ0n) is 10.2. The minimum atomic E-state index is -0.0869. The second kappa shape index (κ2) is 8.29. The first-order valence-corrected chi connectivity index (χ1v) is 8.69. The molecule has 1 aromatic rings. The molecule has 1 heterocycles. The van der Waals surface area contributed by atoms with E-state index >= 15 is 0 Å². The molecule has 0 bridgehead atoms. The Morgan fingerprint density at radius 1 is 1.47 bits per heavy atom. The van der Waals surface area contributed by atoms with Crippen LogP contribution in [0.3, 0.4) is 0 Å². The highest BCUT2D eigenvalue weighted by atomic mass is 79.9. The number of rotatable bonds is 3. The highest BCUT2D eigenvalue weighted by Crippen LogP contribution is 2.23. The van der Waals surface area contributed by atoms with Crippen molar-refractivity contribution in [2.75, 3.05) is 29.5 Å². The lowest BCUT2D eigenvalue weighted by molar-refractivity contribution is 0.0955. The molecule has 1 aliphatic rings. The molecule has 0 radical (unpaired) electrons. The van der Waals surface area contributed by atoms with Crippen LogP contribution in [0.5, 0.6) is 0 Å². The number of carbonyl (C=O) groups is 1. The maximum absolute atomic E-state index is 12.0. The molecule has 1 aromatic carbocycles. The third kappa shape index (κ3) is 5.10. The van der Waals surface area contributed by atoms with E-state index in [-0.39, 0.29) is 18.3 Å². The van der Waals surface area contributed by atoms with Crippen LogP contribution < -0.4 is 11.1 Å². The summed E-state index contributed by atoms with van der Waals surface area (Å²) >= 11 is 7.21. The number of thioether (sulfide) groups is 2. The van der Waals surface area contributed by atoms with Crippen molar-refractivity contribution in [1.82, 2.24) is 5.32 Å². The van der Waals surface area contributed by atoms with Crippen LogP contribution in [-0.2, 0) is 0 Å². The summed E-state index contributed by atoms with van der Waals surface area (Å²) in [4.78, 5) is 12.0. The summed E-state index contributed by atoms with van der Waals surface area (Å²) in [7, 11) is 0. The molecular weight excluding hydrogens is 368 g/mol. The van der Waals surface area contributed by atoms with Crippen LogP contribution >= 0.6 is 51.9 Å². The molecular formula is C12H16BrClN2OS2. The molecule has 0 aromatic heterocycles. The standard InChI is InChI=1S/C12H15BrN2OS2.ClH/c13-8-1-2-10(11(14)5-8)12(16)15-6-9-7-17-3-4-18-9;/h1-2,5,9H,3-4,6-7,14H2,(H,15,16);1H. The summed E-state index contributed by atoms with van der Waals surface area (Å²) in [5.41, 5.74) is 6.89. The lowest BCUT2D eigenvalue weighted by atomic mass is 10.1. The Morgan fingerprint density at radius 2 is 2.26 bits per heavy atom. The molecule has 3 N–H and O–H groups in total. The van der Waals surface area contributed by atoms with E-state index in [4.69, 9.17) is 5.73 Å². The van der Waals surface area contributed by atoms with Crippen molar-refractivity contribution in [3.8, 4) is 0 Å². The van der Waals surface area contributed by atoms with Crippen LogP contribution in [0.15, 0.2) is 22.7 Å². The number of hydrogen-bond donors (Lipinski definition) is 2. The van der Waals surface area contributed by atoms with Crippen molar-refractivity contribution in [2.24, 2.45) is 0 Å². The summed E-state index contributed by atoms with van der Waals surface area (Å²) in [5.74, 6) is 3.41. The minimum absolute atomic E-state index is 0. The predicted molar refractivity (Wildman–Crippen MR) is 91.7 cm³/mol. The van der Waals surface area contributed by atoms with E-state index in [1.807, 2.05) is 29.6 Å². The van der Waals surface area contributed by atoms with Crippen LogP contribution in [0.1, 0.15) is 10.4 Å². The number of nitrogen functional groups attached to an aromatic ring is 1. The Hall–Kier alpha value is -0.0400. The van der Waals surface area contributed by atoms with Gasteiger partial charge in [-0.1, -0.05) is 15.9 Å². The zero-order chi connectivity index (χ0) is 13.0. The number of amides is 1. The van der Waals surface area contributed by atoms with Gasteiger partial charge in [-0.25, -0.2) is 0 Å². The fourth-order valence-electron chi connectivity index (χ4n) is 1.70. The van der Waals surface area contributed by atoms with Crippen LogP contribution in [0.25, 0.3) is 0 Å². The van der Waals surface area contributed by atoms with Gasteiger partial charge in [0.2, 0.25) is 0 Å². The Balaban J connectivity index is 0.00000180. The van der Waals surface area contributed by atoms with Gasteiger partial charge in [0, 0.05) is 39.2 Å². The largest absolute Gasteiger partial charge is 0.398 e. The van der Waals surface area contributed by atoms with Crippen molar-refractivity contribution in [2.45, 2.75) is 5.25 Å². The average molecular weight is 384 g/mol. The average Bonchev–Trinajstić information content (AvgIpc) is 2.37. The van der Waals surface area contributed by atoms with Gasteiger partial charge in [0.25, 0.3) is 5.91 Å². The van der Waals surface area contributed by atoms with Gasteiger partial charge >= 0.3 is 0 Å². The normalized spacial score (nSPS) is 18.5. The third-order valence-electron chi connectivity index (χ3n) is 2.63. The van der Waals surface area contributed by atoms with Crippen molar-refractivity contribution >= 4 is 63.5 Å². The fourth-order valence-corrected chi connectivity index (χ4v) is 4.69. The minimum Gasteiger partial charge on any atom is -0.398 e. The van der Waals surface area contributed by atoms with Crippen molar-refractivity contribution < 1.29 is 4.79 Å². The molecule has 1 amide bonds. The van der Waals surface area contributed by atoms with E-state index < -0.39 is 0 Å². The maximum Gasteiger partial charge on any atom is 0.253 e. The van der Waals surface area contributed by atoms with Crippen LogP contribution in [0.4, 0.5) is 5.69 Å². The molecule has 19 heavy (non-hydrogen) atoms. The Kier molecular flexibility index (Phi) is 7.42. The Bertz CT molecular complexity index is 442. The number of carbonyl (C=O) groups excluding carboxylic acids is 1. The molecule has 3 nitrogen and oxygen atoms in total. The van der Waals surface area contributed by atoms with Crippen LogP contribution in [0, 0.1) is 0 Å². The van der Waals surface area contributed by atoms with Crippen molar-refractivity contribution in [3.63, 3.8) is 0 Å². The molecule has 0 saturated carbocycles. The number of nitrogens with one attached hydrogen (secondary N) is 1. The highest BCUT2D eigenvalue weighted by Gasteiger charge is 2.16. The first-order chi connectivity index (χ1) is 8.66. The molecule has 7 heteroatoms. The lowest BCUT2D eigenvalue weighted by Crippen LogP contribution is -2.33. The van der Waals surface area contributed by atoms with Gasteiger partial charge in [0.15, 0.2) is 0 Å². The summed E-state index contributed by atoms with van der Waals surface area (Å²) in [5, 5.41) is 3.48. The number of nitrogens with two attached hydrogens (primary N) is 1. The smallest absolute Gasteiger partial charge is 0.253 e. The van der Waals surface area contributed by atoms with Gasteiger partial charge in [0.05, 0.1) is 5.56 Å². The molecule has 1 aliphatic heterocycles. The summed E-state index contributed by atoms with van der Waals surface area (Å²) < 4.78 is 0.885. The molecule has 0 spiro atoms. The topological polar surface area (TPSA) is 55.1 Å². The van der Waals surface area contributed by atoms with E-state index in [9.17, 15) is 4.79 Å². The van der Waals surface area contributed by atoms with Gasteiger partial charge in [-0.05, 0) is 18.2 Å². The highest BCUT2D eigenvalue weighted by molar-refractivity contribution is 9.10. The first-order valence-electron chi connectivity index (χ1n) is 5.69. The molecule has 1 unspecified atom stereocenters. The van der Waals surface area contributed by atoms with E-state index in [2.05, 4.69) is 21.2 Å². The molecule has 1 saturated heterocycles. The predicted octanol–water partition coefficient (Wildman–Crippen LogP) is 3.03. The number of benzene rings is 1. The van der Waals surface area contributed by atoms with Crippen molar-refractivity contribution in [1.29, 1.82) is 0 Å². The van der Waals surface area contributed by atoms with E-state index in [0.717, 1.165) is 10.2 Å². The fraction of sp³-hybridized carbons (Fsp3) is 0.417. The quantitative estimate of drug-likeness (QED) is 0.788. The summed E-state index contributed by atoms with van der Waals surface area (Å²) in [6.45, 7) is 0.714. The molecule has 2 rings (SSSR count). The number of hydrogen-bond acceptors (Lipinski definition) is 4. The molecule has 106 valence electrons. The van der Waals surface area contributed by atoms with E-state index in [1.165, 1.54) is 11.5 Å². The van der Waals surface area contributed by atoms with Crippen molar-refractivity contribution in [3.05, 3.63) is 28.2 Å². The van der Waals surface area contributed by atoms with Gasteiger partial charge in [-0.15, -0.1) is 12.4 Å². The maximum atomic E-state index is 12.0. The second-order valence-corrected chi connectivity index (χ2v) is 7.48. The van der Waals surface area contributed by atoms with Gasteiger partial charge in [0.1, 0.15) is 0 Å². The van der Waals surface area contributed by atoms with Gasteiger partial charge in [-0.3, -0.25) is 4.79 Å². The second-order valence-electron chi connectivity index (χ2n) is 4.01. The monoisotopic (exact) mass is 382 g/mol. The van der Waals surface area contributed by atoms with Crippen LogP contribution in [0.2, 0.25) is 0 Å². The summed E-state index contributed by atoms with van der Waals surface area (Å²) in [6.07, 6.45) is 0. The molecule has 0 aliphatic carbocycles. The van der Waals surface area contributed by atoms with Gasteiger partial charge in [-0.2, -0.15) is 23.5 Å². The zero-order valence-corrected chi connectivity index (χ0v) is 14.3.